The summed E-state index contributed by atoms with van der Waals surface area (Å²) in [5.41, 5.74) is 7.60. The molecule has 0 aliphatic carbocycles. The third-order valence-electron chi connectivity index (χ3n) is 3.98. The van der Waals surface area contributed by atoms with Gasteiger partial charge in [-0.3, -0.25) is 9.10 Å². The minimum atomic E-state index is -3.19. The predicted octanol–water partition coefficient (Wildman–Crippen LogP) is 1.86. The summed E-state index contributed by atoms with van der Waals surface area (Å²) >= 11 is 0. The second-order valence-electron chi connectivity index (χ2n) is 5.68. The molecular weight excluding hydrogens is 326 g/mol. The Balaban J connectivity index is 1.79. The van der Waals surface area contributed by atoms with Crippen molar-refractivity contribution in [2.75, 3.05) is 21.9 Å². The van der Waals surface area contributed by atoms with Crippen LogP contribution >= 0.6 is 0 Å². The zero-order valence-electron chi connectivity index (χ0n) is 13.1. The topological polar surface area (TPSA) is 92.5 Å². The van der Waals surface area contributed by atoms with Crippen LogP contribution in [-0.4, -0.2) is 26.6 Å². The summed E-state index contributed by atoms with van der Waals surface area (Å²) < 4.78 is 25.3. The fourth-order valence-electron chi connectivity index (χ4n) is 2.78. The molecule has 126 valence electrons. The van der Waals surface area contributed by atoms with Crippen LogP contribution in [0.15, 0.2) is 54.6 Å². The molecule has 0 radical (unpaired) electrons. The summed E-state index contributed by atoms with van der Waals surface area (Å²) in [6.45, 7) is 0.503. The van der Waals surface area contributed by atoms with E-state index in [1.807, 2.05) is 30.3 Å². The number of amides is 1. The van der Waals surface area contributed by atoms with E-state index < -0.39 is 22.0 Å². The van der Waals surface area contributed by atoms with Gasteiger partial charge in [0.05, 0.1) is 11.4 Å². The van der Waals surface area contributed by atoms with E-state index in [1.165, 1.54) is 4.31 Å². The molecule has 1 saturated heterocycles. The Hall–Kier alpha value is -2.54. The van der Waals surface area contributed by atoms with E-state index in [0.717, 1.165) is 5.56 Å². The first-order valence-corrected chi connectivity index (χ1v) is 9.29. The fraction of sp³-hybridized carbons (Fsp3) is 0.235. The van der Waals surface area contributed by atoms with Crippen molar-refractivity contribution in [1.82, 2.24) is 0 Å². The number of primary amides is 1. The highest BCUT2D eigenvalue weighted by molar-refractivity contribution is 7.93. The van der Waals surface area contributed by atoms with E-state index >= 15 is 0 Å². The van der Waals surface area contributed by atoms with Crippen molar-refractivity contribution in [1.29, 1.82) is 0 Å². The van der Waals surface area contributed by atoms with Gasteiger partial charge in [-0.2, -0.15) is 0 Å². The van der Waals surface area contributed by atoms with E-state index in [1.54, 1.807) is 24.3 Å². The number of anilines is 2. The van der Waals surface area contributed by atoms with Gasteiger partial charge >= 0.3 is 0 Å². The normalized spacial score (nSPS) is 17.4. The second kappa shape index (κ2) is 6.52. The van der Waals surface area contributed by atoms with E-state index in [0.29, 0.717) is 24.3 Å². The molecule has 2 aromatic carbocycles. The Labute approximate surface area is 141 Å². The SMILES string of the molecule is NC(=O)C(Nc1ccc(N2CCCS2(=O)=O)cc1)c1ccccc1. The third kappa shape index (κ3) is 3.35. The summed E-state index contributed by atoms with van der Waals surface area (Å²) in [6.07, 6.45) is 0.639. The molecule has 1 unspecified atom stereocenters. The Morgan fingerprint density at radius 2 is 1.75 bits per heavy atom. The average molecular weight is 345 g/mol. The van der Waals surface area contributed by atoms with E-state index in [2.05, 4.69) is 5.32 Å². The van der Waals surface area contributed by atoms with Gasteiger partial charge in [-0.1, -0.05) is 30.3 Å². The molecule has 0 aromatic heterocycles. The minimum absolute atomic E-state index is 0.185. The van der Waals surface area contributed by atoms with Gasteiger partial charge in [0.2, 0.25) is 15.9 Å². The molecule has 24 heavy (non-hydrogen) atoms. The Morgan fingerprint density at radius 3 is 2.29 bits per heavy atom. The van der Waals surface area contributed by atoms with Crippen LogP contribution in [0.25, 0.3) is 0 Å². The number of carbonyl (C=O) groups excluding carboxylic acids is 1. The zero-order valence-corrected chi connectivity index (χ0v) is 13.9. The Bertz CT molecular complexity index is 820. The van der Waals surface area contributed by atoms with Crippen LogP contribution in [0.1, 0.15) is 18.0 Å². The Kier molecular flexibility index (Phi) is 4.44. The number of hydrogen-bond donors (Lipinski definition) is 2. The monoisotopic (exact) mass is 345 g/mol. The Morgan fingerprint density at radius 1 is 1.08 bits per heavy atom. The minimum Gasteiger partial charge on any atom is -0.370 e. The summed E-state index contributed by atoms with van der Waals surface area (Å²) in [4.78, 5) is 11.7. The lowest BCUT2D eigenvalue weighted by Crippen LogP contribution is -2.28. The summed E-state index contributed by atoms with van der Waals surface area (Å²) in [6, 6.07) is 15.5. The van der Waals surface area contributed by atoms with Gasteiger partial charge in [0.1, 0.15) is 6.04 Å². The van der Waals surface area contributed by atoms with Crippen molar-refractivity contribution in [3.05, 3.63) is 60.2 Å². The number of rotatable bonds is 5. The molecular formula is C17H19N3O3S. The highest BCUT2D eigenvalue weighted by Crippen LogP contribution is 2.26. The molecule has 1 aliphatic heterocycles. The standard InChI is InChI=1S/C17H19N3O3S/c18-17(21)16(13-5-2-1-3-6-13)19-14-7-9-15(10-8-14)20-11-4-12-24(20,22)23/h1-3,5-10,16,19H,4,11-12H2,(H2,18,21). The zero-order chi connectivity index (χ0) is 17.2. The summed E-state index contributed by atoms with van der Waals surface area (Å²) in [5.74, 6) is -0.294. The number of nitrogens with one attached hydrogen (secondary N) is 1. The van der Waals surface area contributed by atoms with Gasteiger partial charge in [-0.25, -0.2) is 8.42 Å². The van der Waals surface area contributed by atoms with Crippen LogP contribution in [0.5, 0.6) is 0 Å². The number of nitrogens with two attached hydrogens (primary N) is 1. The highest BCUT2D eigenvalue weighted by atomic mass is 32.2. The number of nitrogens with zero attached hydrogens (tertiary/aromatic N) is 1. The van der Waals surface area contributed by atoms with Crippen molar-refractivity contribution in [2.45, 2.75) is 12.5 Å². The first kappa shape index (κ1) is 16.3. The average Bonchev–Trinajstić information content (AvgIpc) is 2.93. The summed E-state index contributed by atoms with van der Waals surface area (Å²) in [5, 5.41) is 3.09. The number of benzene rings is 2. The molecule has 3 N–H and O–H groups in total. The van der Waals surface area contributed by atoms with Crippen molar-refractivity contribution < 1.29 is 13.2 Å². The van der Waals surface area contributed by atoms with Crippen LogP contribution in [0.3, 0.4) is 0 Å². The predicted molar refractivity (Wildman–Crippen MR) is 94.2 cm³/mol. The maximum Gasteiger partial charge on any atom is 0.244 e. The van der Waals surface area contributed by atoms with Crippen LogP contribution in [0.4, 0.5) is 11.4 Å². The molecule has 0 saturated carbocycles. The quantitative estimate of drug-likeness (QED) is 0.865. The summed E-state index contributed by atoms with van der Waals surface area (Å²) in [7, 11) is -3.19. The lowest BCUT2D eigenvalue weighted by Gasteiger charge is -2.19. The second-order valence-corrected chi connectivity index (χ2v) is 7.69. The third-order valence-corrected chi connectivity index (χ3v) is 5.85. The molecule has 6 nitrogen and oxygen atoms in total. The number of hydrogen-bond acceptors (Lipinski definition) is 4. The van der Waals surface area contributed by atoms with E-state index in [9.17, 15) is 13.2 Å². The van der Waals surface area contributed by atoms with Crippen molar-refractivity contribution >= 4 is 27.3 Å². The molecule has 1 amide bonds. The molecule has 7 heteroatoms. The highest BCUT2D eigenvalue weighted by Gasteiger charge is 2.28. The molecule has 1 atom stereocenters. The molecule has 0 spiro atoms. The fourth-order valence-corrected chi connectivity index (χ4v) is 4.35. The number of carbonyl (C=O) groups is 1. The van der Waals surface area contributed by atoms with Crippen molar-refractivity contribution in [3.8, 4) is 0 Å². The van der Waals surface area contributed by atoms with Gasteiger partial charge in [0.15, 0.2) is 0 Å². The molecule has 2 aromatic rings. The molecule has 1 heterocycles. The smallest absolute Gasteiger partial charge is 0.244 e. The van der Waals surface area contributed by atoms with E-state index in [-0.39, 0.29) is 5.75 Å². The van der Waals surface area contributed by atoms with Gasteiger partial charge < -0.3 is 11.1 Å². The van der Waals surface area contributed by atoms with Gasteiger partial charge in [0.25, 0.3) is 0 Å². The first-order chi connectivity index (χ1) is 11.5. The van der Waals surface area contributed by atoms with Crippen molar-refractivity contribution in [3.63, 3.8) is 0 Å². The van der Waals surface area contributed by atoms with Crippen LogP contribution in [0, 0.1) is 0 Å². The lowest BCUT2D eigenvalue weighted by atomic mass is 10.1. The maximum atomic E-state index is 11.9. The van der Waals surface area contributed by atoms with Crippen molar-refractivity contribution in [2.24, 2.45) is 5.73 Å². The number of sulfonamides is 1. The van der Waals surface area contributed by atoms with Gasteiger partial charge in [-0.05, 0) is 36.2 Å². The lowest BCUT2D eigenvalue weighted by molar-refractivity contribution is -0.118. The molecule has 1 fully saturated rings. The molecule has 3 rings (SSSR count). The van der Waals surface area contributed by atoms with Gasteiger partial charge in [-0.15, -0.1) is 0 Å². The van der Waals surface area contributed by atoms with Crippen LogP contribution in [-0.2, 0) is 14.8 Å². The molecule has 0 bridgehead atoms. The van der Waals surface area contributed by atoms with Crippen LogP contribution in [0.2, 0.25) is 0 Å². The van der Waals surface area contributed by atoms with Gasteiger partial charge in [0, 0.05) is 12.2 Å². The van der Waals surface area contributed by atoms with Crippen LogP contribution < -0.4 is 15.4 Å². The van der Waals surface area contributed by atoms with E-state index in [4.69, 9.17) is 5.73 Å². The maximum absolute atomic E-state index is 11.9. The first-order valence-electron chi connectivity index (χ1n) is 7.69. The molecule has 1 aliphatic rings. The largest absolute Gasteiger partial charge is 0.370 e.